The Morgan fingerprint density at radius 3 is 2.68 bits per heavy atom. The number of aryl methyl sites for hydroxylation is 1. The van der Waals surface area contributed by atoms with Gasteiger partial charge in [0, 0.05) is 46.7 Å². The highest BCUT2D eigenvalue weighted by Crippen LogP contribution is 2.31. The van der Waals surface area contributed by atoms with Crippen LogP contribution in [0.2, 0.25) is 5.02 Å². The first kappa shape index (κ1) is 26.6. The molecule has 2 aromatic heterocycles. The van der Waals surface area contributed by atoms with Crippen LogP contribution in [-0.2, 0) is 30.9 Å². The Balaban J connectivity index is 1.17. The number of hydrogen-bond acceptors (Lipinski definition) is 5. The molecule has 3 aromatic rings. The number of rotatable bonds is 11. The van der Waals surface area contributed by atoms with Crippen LogP contribution in [0.25, 0.3) is 0 Å². The quantitative estimate of drug-likeness (QED) is 0.329. The Kier molecular flexibility index (Phi) is 8.59. The molecule has 5 rings (SSSR count). The molecule has 2 aliphatic rings. The van der Waals surface area contributed by atoms with Crippen molar-refractivity contribution in [1.82, 2.24) is 19.4 Å². The van der Waals surface area contributed by atoms with Crippen LogP contribution in [0.4, 0.5) is 4.39 Å². The predicted molar refractivity (Wildman–Crippen MR) is 143 cm³/mol. The van der Waals surface area contributed by atoms with Crippen LogP contribution in [0.5, 0.6) is 5.88 Å². The molecule has 1 saturated carbocycles. The zero-order valence-electron chi connectivity index (χ0n) is 21.5. The lowest BCUT2D eigenvalue weighted by Gasteiger charge is -2.32. The number of halogens is 2. The summed E-state index contributed by atoms with van der Waals surface area (Å²) in [4.78, 5) is 23.0. The van der Waals surface area contributed by atoms with E-state index in [-0.39, 0.29) is 18.8 Å². The third-order valence-electron chi connectivity index (χ3n) is 7.79. The van der Waals surface area contributed by atoms with Crippen molar-refractivity contribution in [2.75, 3.05) is 13.1 Å². The van der Waals surface area contributed by atoms with Crippen molar-refractivity contribution in [3.05, 3.63) is 76.2 Å². The number of hydrogen-bond donors (Lipinski definition) is 1. The van der Waals surface area contributed by atoms with Crippen LogP contribution < -0.4 is 4.74 Å². The molecule has 1 saturated heterocycles. The molecule has 0 amide bonds. The minimum Gasteiger partial charge on any atom is -0.481 e. The van der Waals surface area contributed by atoms with Gasteiger partial charge in [0.15, 0.2) is 0 Å². The van der Waals surface area contributed by atoms with Gasteiger partial charge in [0.05, 0.1) is 13.0 Å². The average Bonchev–Trinajstić information content (AvgIpc) is 3.26. The Bertz CT molecular complexity index is 1250. The van der Waals surface area contributed by atoms with Crippen LogP contribution in [-0.4, -0.2) is 43.6 Å². The maximum absolute atomic E-state index is 14.1. The summed E-state index contributed by atoms with van der Waals surface area (Å²) >= 11 is 5.84. The fraction of sp³-hybridized carbons (Fsp3) is 0.483. The van der Waals surface area contributed by atoms with Gasteiger partial charge in [0.25, 0.3) is 0 Å². The fourth-order valence-electron chi connectivity index (χ4n) is 5.29. The van der Waals surface area contributed by atoms with Gasteiger partial charge < -0.3 is 14.4 Å². The van der Waals surface area contributed by atoms with Gasteiger partial charge in [-0.15, -0.1) is 0 Å². The fourth-order valence-corrected chi connectivity index (χ4v) is 5.45. The molecule has 0 radical (unpaired) electrons. The third-order valence-corrected chi connectivity index (χ3v) is 8.02. The zero-order valence-corrected chi connectivity index (χ0v) is 22.2. The number of aliphatic carboxylic acids is 1. The maximum atomic E-state index is 14.1. The molecule has 1 aliphatic heterocycles. The molecule has 0 spiro atoms. The van der Waals surface area contributed by atoms with Crippen molar-refractivity contribution in [3.63, 3.8) is 0 Å². The molecule has 7 nitrogen and oxygen atoms in total. The summed E-state index contributed by atoms with van der Waals surface area (Å²) in [5.74, 6) is 1.38. The molecule has 38 heavy (non-hydrogen) atoms. The van der Waals surface area contributed by atoms with Crippen molar-refractivity contribution in [3.8, 4) is 5.88 Å². The van der Waals surface area contributed by atoms with Crippen molar-refractivity contribution >= 4 is 17.6 Å². The van der Waals surface area contributed by atoms with Gasteiger partial charge in [-0.3, -0.25) is 9.69 Å². The van der Waals surface area contributed by atoms with E-state index in [9.17, 15) is 9.18 Å². The summed E-state index contributed by atoms with van der Waals surface area (Å²) in [6.07, 6.45) is 8.25. The third kappa shape index (κ3) is 6.72. The van der Waals surface area contributed by atoms with E-state index in [0.717, 1.165) is 56.2 Å². The Labute approximate surface area is 227 Å². The minimum atomic E-state index is -0.773. The molecule has 1 N–H and O–H groups in total. The molecule has 1 aromatic carbocycles. The van der Waals surface area contributed by atoms with Crippen LogP contribution in [0.3, 0.4) is 0 Å². The smallest absolute Gasteiger partial charge is 0.303 e. The molecular weight excluding hydrogens is 507 g/mol. The van der Waals surface area contributed by atoms with E-state index in [1.165, 1.54) is 25.3 Å². The zero-order chi connectivity index (χ0) is 26.5. The van der Waals surface area contributed by atoms with Crippen LogP contribution in [0, 0.1) is 11.7 Å². The van der Waals surface area contributed by atoms with E-state index < -0.39 is 5.97 Å². The number of aromatic nitrogens is 3. The van der Waals surface area contributed by atoms with Crippen LogP contribution in [0.15, 0.2) is 42.6 Å². The second-order valence-corrected chi connectivity index (χ2v) is 10.9. The number of carboxylic acid groups (broad SMARTS) is 1. The number of piperidine rings is 1. The number of imidazole rings is 1. The predicted octanol–water partition coefficient (Wildman–Crippen LogP) is 5.85. The highest BCUT2D eigenvalue weighted by Gasteiger charge is 2.25. The first-order valence-electron chi connectivity index (χ1n) is 13.5. The summed E-state index contributed by atoms with van der Waals surface area (Å²) in [6, 6.07) is 10.3. The molecule has 202 valence electrons. The number of carboxylic acids is 1. The van der Waals surface area contributed by atoms with E-state index in [1.807, 2.05) is 18.3 Å². The van der Waals surface area contributed by atoms with Crippen LogP contribution in [0.1, 0.15) is 67.2 Å². The minimum absolute atomic E-state index is 0.0971. The average molecular weight is 541 g/mol. The number of ether oxygens (including phenoxy) is 1. The lowest BCUT2D eigenvalue weighted by Crippen LogP contribution is -2.34. The van der Waals surface area contributed by atoms with Crippen molar-refractivity contribution in [2.45, 2.75) is 70.6 Å². The molecule has 2 fully saturated rings. The summed E-state index contributed by atoms with van der Waals surface area (Å²) in [6.45, 7) is 3.69. The van der Waals surface area contributed by atoms with Gasteiger partial charge in [-0.05, 0) is 69.3 Å². The standard InChI is InChI=1S/C29H34ClFN4O3/c30-23-8-7-22(25(31)15-23)19-38-28-6-2-5-26(33-28)21-11-13-34(14-12-21)18-27-32-16-24(9-10-29(36)37)35(27)17-20-3-1-4-20/h2,5-8,15-16,20-21H,1,3-4,9-14,17-19H2,(H,36,37). The number of nitrogens with zero attached hydrogens (tertiary/aromatic N) is 4. The van der Waals surface area contributed by atoms with Crippen LogP contribution >= 0.6 is 11.6 Å². The first-order valence-corrected chi connectivity index (χ1v) is 13.8. The Hall–Kier alpha value is -2.97. The molecular formula is C29H34ClFN4O3. The highest BCUT2D eigenvalue weighted by atomic mass is 35.5. The summed E-state index contributed by atoms with van der Waals surface area (Å²) < 4.78 is 22.1. The second-order valence-electron chi connectivity index (χ2n) is 10.4. The summed E-state index contributed by atoms with van der Waals surface area (Å²) in [5.41, 5.74) is 2.47. The lowest BCUT2D eigenvalue weighted by atomic mass is 9.85. The van der Waals surface area contributed by atoms with Gasteiger partial charge in [0.2, 0.25) is 5.88 Å². The van der Waals surface area contributed by atoms with E-state index in [1.54, 1.807) is 18.2 Å². The number of benzene rings is 1. The van der Waals surface area contributed by atoms with Crippen molar-refractivity contribution in [2.24, 2.45) is 5.92 Å². The lowest BCUT2D eigenvalue weighted by molar-refractivity contribution is -0.137. The molecule has 1 aliphatic carbocycles. The van der Waals surface area contributed by atoms with Gasteiger partial charge in [-0.1, -0.05) is 30.2 Å². The number of pyridine rings is 1. The van der Waals surface area contributed by atoms with E-state index in [0.29, 0.717) is 34.7 Å². The van der Waals surface area contributed by atoms with Crippen molar-refractivity contribution < 1.29 is 19.0 Å². The van der Waals surface area contributed by atoms with Gasteiger partial charge in [0.1, 0.15) is 18.2 Å². The maximum Gasteiger partial charge on any atom is 0.303 e. The topological polar surface area (TPSA) is 80.5 Å². The number of likely N-dealkylation sites (tertiary alicyclic amines) is 1. The summed E-state index contributed by atoms with van der Waals surface area (Å²) in [7, 11) is 0. The first-order chi connectivity index (χ1) is 18.4. The summed E-state index contributed by atoms with van der Waals surface area (Å²) in [5, 5.41) is 9.50. The van der Waals surface area contributed by atoms with Gasteiger partial charge in [-0.25, -0.2) is 14.4 Å². The van der Waals surface area contributed by atoms with E-state index >= 15 is 0 Å². The highest BCUT2D eigenvalue weighted by molar-refractivity contribution is 6.30. The van der Waals surface area contributed by atoms with E-state index in [4.69, 9.17) is 31.4 Å². The monoisotopic (exact) mass is 540 g/mol. The van der Waals surface area contributed by atoms with Crippen molar-refractivity contribution in [1.29, 1.82) is 0 Å². The molecule has 0 unspecified atom stereocenters. The Morgan fingerprint density at radius 1 is 1.16 bits per heavy atom. The van der Waals surface area contributed by atoms with Gasteiger partial charge >= 0.3 is 5.97 Å². The normalized spacial score (nSPS) is 16.9. The molecule has 0 bridgehead atoms. The Morgan fingerprint density at radius 2 is 1.97 bits per heavy atom. The van der Waals surface area contributed by atoms with Gasteiger partial charge in [-0.2, -0.15) is 0 Å². The molecule has 9 heteroatoms. The SMILES string of the molecule is O=C(O)CCc1cnc(CN2CCC(c3cccc(OCc4ccc(Cl)cc4F)n3)CC2)n1CC1CCC1. The van der Waals surface area contributed by atoms with E-state index in [2.05, 4.69) is 9.47 Å². The largest absolute Gasteiger partial charge is 0.481 e. The molecule has 0 atom stereocenters. The number of carbonyl (C=O) groups is 1. The molecule has 3 heterocycles. The second kappa shape index (κ2) is 12.3.